The molecule has 0 aliphatic heterocycles. The predicted molar refractivity (Wildman–Crippen MR) is 77.9 cm³/mol. The highest BCUT2D eigenvalue weighted by Crippen LogP contribution is 2.28. The molecule has 2 N–H and O–H groups in total. The van der Waals surface area contributed by atoms with Crippen molar-refractivity contribution in [1.29, 1.82) is 0 Å². The summed E-state index contributed by atoms with van der Waals surface area (Å²) < 4.78 is 24.5. The summed E-state index contributed by atoms with van der Waals surface area (Å²) in [4.78, 5) is 4.26. The van der Waals surface area contributed by atoms with E-state index < -0.39 is 6.04 Å². The first-order chi connectivity index (χ1) is 10.1. The molecule has 1 atom stereocenters. The van der Waals surface area contributed by atoms with Crippen LogP contribution in [0, 0.1) is 5.82 Å². The summed E-state index contributed by atoms with van der Waals surface area (Å²) >= 11 is 3.27. The summed E-state index contributed by atoms with van der Waals surface area (Å²) in [6.07, 6.45) is 3.71. The standard InChI is InChI=1S/C14H15BrFN3O2/c15-11-6-8(16)4-5-10(11)14-18-13(19-21-14)12(17)7-20-9-2-1-3-9/h4-6,9,12H,1-3,7,17H2. The van der Waals surface area contributed by atoms with Crippen molar-refractivity contribution in [1.82, 2.24) is 10.1 Å². The second kappa shape index (κ2) is 6.21. The van der Waals surface area contributed by atoms with Crippen LogP contribution in [0.2, 0.25) is 0 Å². The summed E-state index contributed by atoms with van der Waals surface area (Å²) in [5.74, 6) is 0.354. The lowest BCUT2D eigenvalue weighted by atomic mass is 9.96. The smallest absolute Gasteiger partial charge is 0.259 e. The fraction of sp³-hybridized carbons (Fsp3) is 0.429. The zero-order valence-electron chi connectivity index (χ0n) is 11.3. The summed E-state index contributed by atoms with van der Waals surface area (Å²) in [5.41, 5.74) is 6.62. The maximum absolute atomic E-state index is 13.1. The molecule has 1 aromatic carbocycles. The van der Waals surface area contributed by atoms with Gasteiger partial charge in [-0.25, -0.2) is 4.39 Å². The number of nitrogens with zero attached hydrogens (tertiary/aromatic N) is 2. The Morgan fingerprint density at radius 3 is 2.95 bits per heavy atom. The van der Waals surface area contributed by atoms with Crippen LogP contribution < -0.4 is 5.73 Å². The minimum atomic E-state index is -0.428. The molecule has 1 fully saturated rings. The van der Waals surface area contributed by atoms with Crippen LogP contribution in [0.15, 0.2) is 27.2 Å². The fourth-order valence-electron chi connectivity index (χ4n) is 2.01. The van der Waals surface area contributed by atoms with Gasteiger partial charge in [-0.15, -0.1) is 0 Å². The first kappa shape index (κ1) is 14.6. The van der Waals surface area contributed by atoms with E-state index in [9.17, 15) is 4.39 Å². The van der Waals surface area contributed by atoms with Gasteiger partial charge >= 0.3 is 0 Å². The van der Waals surface area contributed by atoms with Crippen molar-refractivity contribution in [3.8, 4) is 11.5 Å². The van der Waals surface area contributed by atoms with Gasteiger partial charge < -0.3 is 15.0 Å². The van der Waals surface area contributed by atoms with Gasteiger partial charge in [0.1, 0.15) is 5.82 Å². The van der Waals surface area contributed by atoms with Crippen LogP contribution in [0.4, 0.5) is 4.39 Å². The summed E-state index contributed by atoms with van der Waals surface area (Å²) in [6.45, 7) is 0.369. The third kappa shape index (κ3) is 3.30. The minimum Gasteiger partial charge on any atom is -0.376 e. The molecule has 5 nitrogen and oxygen atoms in total. The molecule has 0 saturated heterocycles. The number of benzene rings is 1. The molecule has 21 heavy (non-hydrogen) atoms. The minimum absolute atomic E-state index is 0.302. The largest absolute Gasteiger partial charge is 0.376 e. The van der Waals surface area contributed by atoms with Crippen molar-refractivity contribution >= 4 is 15.9 Å². The average Bonchev–Trinajstić information content (AvgIpc) is 2.86. The van der Waals surface area contributed by atoms with E-state index in [2.05, 4.69) is 26.1 Å². The van der Waals surface area contributed by atoms with E-state index in [0.29, 0.717) is 34.5 Å². The monoisotopic (exact) mass is 355 g/mol. The first-order valence-electron chi connectivity index (χ1n) is 6.79. The topological polar surface area (TPSA) is 74.2 Å². The summed E-state index contributed by atoms with van der Waals surface area (Å²) in [6, 6.07) is 3.83. The quantitative estimate of drug-likeness (QED) is 0.891. The Labute approximate surface area is 129 Å². The molecule has 0 bridgehead atoms. The highest BCUT2D eigenvalue weighted by molar-refractivity contribution is 9.10. The summed E-state index contributed by atoms with van der Waals surface area (Å²) in [7, 11) is 0. The molecule has 7 heteroatoms. The van der Waals surface area contributed by atoms with E-state index in [4.69, 9.17) is 15.0 Å². The van der Waals surface area contributed by atoms with Crippen LogP contribution >= 0.6 is 15.9 Å². The number of hydrogen-bond acceptors (Lipinski definition) is 5. The Morgan fingerprint density at radius 2 is 2.29 bits per heavy atom. The van der Waals surface area contributed by atoms with Gasteiger partial charge in [0.15, 0.2) is 5.82 Å². The van der Waals surface area contributed by atoms with Gasteiger partial charge in [0.05, 0.1) is 24.3 Å². The molecule has 112 valence electrons. The predicted octanol–water partition coefficient (Wildman–Crippen LogP) is 3.21. The number of halogens is 2. The number of aromatic nitrogens is 2. The second-order valence-corrected chi connectivity index (χ2v) is 5.93. The lowest BCUT2D eigenvalue weighted by Crippen LogP contribution is -2.27. The van der Waals surface area contributed by atoms with E-state index in [1.165, 1.54) is 18.6 Å². The highest BCUT2D eigenvalue weighted by Gasteiger charge is 2.22. The maximum atomic E-state index is 13.1. The molecule has 2 aromatic rings. The second-order valence-electron chi connectivity index (χ2n) is 5.07. The zero-order valence-corrected chi connectivity index (χ0v) is 12.8. The van der Waals surface area contributed by atoms with E-state index in [0.717, 1.165) is 12.8 Å². The van der Waals surface area contributed by atoms with Gasteiger partial charge in [0.2, 0.25) is 0 Å². The third-order valence-electron chi connectivity index (χ3n) is 3.50. The van der Waals surface area contributed by atoms with Crippen molar-refractivity contribution in [3.05, 3.63) is 34.3 Å². The highest BCUT2D eigenvalue weighted by atomic mass is 79.9. The van der Waals surface area contributed by atoms with Gasteiger partial charge in [-0.1, -0.05) is 5.16 Å². The Bertz CT molecular complexity index is 630. The molecule has 1 unspecified atom stereocenters. The van der Waals surface area contributed by atoms with Crippen LogP contribution in [0.1, 0.15) is 31.1 Å². The molecule has 1 aliphatic rings. The van der Waals surface area contributed by atoms with Gasteiger partial charge in [-0.3, -0.25) is 0 Å². The third-order valence-corrected chi connectivity index (χ3v) is 4.15. The molecule has 0 amide bonds. The number of ether oxygens (including phenoxy) is 1. The van der Waals surface area contributed by atoms with Gasteiger partial charge in [-0.2, -0.15) is 4.98 Å². The summed E-state index contributed by atoms with van der Waals surface area (Å²) in [5, 5.41) is 3.87. The number of rotatable bonds is 5. The van der Waals surface area contributed by atoms with Gasteiger partial charge in [-0.05, 0) is 53.4 Å². The van der Waals surface area contributed by atoms with Crippen LogP contribution in [0.5, 0.6) is 0 Å². The van der Waals surface area contributed by atoms with Crippen molar-refractivity contribution in [2.75, 3.05) is 6.61 Å². The Balaban J connectivity index is 1.69. The lowest BCUT2D eigenvalue weighted by Gasteiger charge is -2.26. The molecule has 1 aliphatic carbocycles. The number of hydrogen-bond donors (Lipinski definition) is 1. The van der Waals surface area contributed by atoms with Gasteiger partial charge in [0, 0.05) is 4.47 Å². The maximum Gasteiger partial charge on any atom is 0.259 e. The van der Waals surface area contributed by atoms with E-state index in [1.54, 1.807) is 6.07 Å². The van der Waals surface area contributed by atoms with Crippen LogP contribution in [-0.4, -0.2) is 22.9 Å². The molecule has 1 saturated carbocycles. The van der Waals surface area contributed by atoms with Crippen molar-refractivity contribution < 1.29 is 13.7 Å². The van der Waals surface area contributed by atoms with E-state index >= 15 is 0 Å². The molecule has 0 spiro atoms. The van der Waals surface area contributed by atoms with Crippen molar-refractivity contribution in [2.45, 2.75) is 31.4 Å². The van der Waals surface area contributed by atoms with Crippen LogP contribution in [-0.2, 0) is 4.74 Å². The van der Waals surface area contributed by atoms with Gasteiger partial charge in [0.25, 0.3) is 5.89 Å². The molecular weight excluding hydrogens is 341 g/mol. The molecule has 1 heterocycles. The molecular formula is C14H15BrFN3O2. The Hall–Kier alpha value is -1.31. The molecule has 0 radical (unpaired) electrons. The molecule has 3 rings (SSSR count). The van der Waals surface area contributed by atoms with Crippen LogP contribution in [0.3, 0.4) is 0 Å². The van der Waals surface area contributed by atoms with Crippen molar-refractivity contribution in [2.24, 2.45) is 5.73 Å². The normalized spacial score (nSPS) is 16.7. The van der Waals surface area contributed by atoms with Crippen LogP contribution in [0.25, 0.3) is 11.5 Å². The fourth-order valence-corrected chi connectivity index (χ4v) is 2.53. The first-order valence-corrected chi connectivity index (χ1v) is 7.59. The average molecular weight is 356 g/mol. The van der Waals surface area contributed by atoms with Crippen molar-refractivity contribution in [3.63, 3.8) is 0 Å². The Kier molecular flexibility index (Phi) is 4.32. The Morgan fingerprint density at radius 1 is 1.48 bits per heavy atom. The van der Waals surface area contributed by atoms with E-state index in [-0.39, 0.29) is 5.82 Å². The number of nitrogens with two attached hydrogens (primary N) is 1. The SMILES string of the molecule is NC(COC1CCC1)c1noc(-c2ccc(F)cc2Br)n1. The lowest BCUT2D eigenvalue weighted by molar-refractivity contribution is -0.00549. The van der Waals surface area contributed by atoms with E-state index in [1.807, 2.05) is 0 Å². The molecule has 1 aromatic heterocycles. The zero-order chi connectivity index (χ0) is 14.8.